The summed E-state index contributed by atoms with van der Waals surface area (Å²) in [5.41, 5.74) is 0.0882. The molecule has 1 fully saturated rings. The Morgan fingerprint density at radius 1 is 1.29 bits per heavy atom. The van der Waals surface area contributed by atoms with Gasteiger partial charge in [0.1, 0.15) is 11.4 Å². The van der Waals surface area contributed by atoms with Gasteiger partial charge in [0.15, 0.2) is 0 Å². The molecule has 1 aromatic heterocycles. The molecule has 1 N–H and O–H groups in total. The number of phenolic OH excluding ortho intramolecular Hbond substituents is 1. The molecule has 0 radical (unpaired) electrons. The Hall–Kier alpha value is -1.88. The number of aromatic nitrogens is 2. The van der Waals surface area contributed by atoms with Crippen LogP contribution in [-0.4, -0.2) is 22.4 Å². The van der Waals surface area contributed by atoms with E-state index < -0.39 is 5.60 Å². The highest BCUT2D eigenvalue weighted by molar-refractivity contribution is 5.61. The van der Waals surface area contributed by atoms with Crippen molar-refractivity contribution in [3.8, 4) is 17.2 Å². The summed E-state index contributed by atoms with van der Waals surface area (Å²) in [6, 6.07) is 6.95. The van der Waals surface area contributed by atoms with Crippen molar-refractivity contribution >= 4 is 0 Å². The lowest BCUT2D eigenvalue weighted by Crippen LogP contribution is -2.34. The molecule has 1 aliphatic rings. The topological polar surface area (TPSA) is 68.4 Å². The summed E-state index contributed by atoms with van der Waals surface area (Å²) in [5.74, 6) is 1.75. The monoisotopic (exact) mass is 288 g/mol. The molecule has 21 heavy (non-hydrogen) atoms. The van der Waals surface area contributed by atoms with E-state index in [-0.39, 0.29) is 5.75 Å². The van der Waals surface area contributed by atoms with Crippen molar-refractivity contribution in [1.82, 2.24) is 10.1 Å². The van der Waals surface area contributed by atoms with Crippen LogP contribution in [0.2, 0.25) is 0 Å². The Kier molecular flexibility index (Phi) is 3.68. The van der Waals surface area contributed by atoms with Crippen LogP contribution in [0.1, 0.15) is 38.4 Å². The van der Waals surface area contributed by atoms with Gasteiger partial charge in [-0.15, -0.1) is 0 Å². The van der Waals surface area contributed by atoms with Gasteiger partial charge in [-0.3, -0.25) is 0 Å². The fourth-order valence-corrected chi connectivity index (χ4v) is 2.92. The minimum atomic E-state index is -0.460. The van der Waals surface area contributed by atoms with Gasteiger partial charge in [-0.1, -0.05) is 24.2 Å². The zero-order valence-electron chi connectivity index (χ0n) is 12.4. The minimum absolute atomic E-state index is 0.136. The number of methoxy groups -OCH3 is 1. The summed E-state index contributed by atoms with van der Waals surface area (Å²) < 4.78 is 11.1. The van der Waals surface area contributed by atoms with Gasteiger partial charge < -0.3 is 14.4 Å². The zero-order chi connectivity index (χ0) is 14.9. The second kappa shape index (κ2) is 5.48. The maximum Gasteiger partial charge on any atom is 0.261 e. The minimum Gasteiger partial charge on any atom is -0.507 e. The SMILES string of the molecule is COC1(c2noc(-c3ccccc3O)n2)CCC(C)CC1. The van der Waals surface area contributed by atoms with Crippen LogP contribution in [0.5, 0.6) is 5.75 Å². The van der Waals surface area contributed by atoms with E-state index in [1.54, 1.807) is 25.3 Å². The molecular weight excluding hydrogens is 268 g/mol. The molecule has 0 amide bonds. The Balaban J connectivity index is 1.92. The molecule has 1 saturated carbocycles. The number of ether oxygens (including phenoxy) is 1. The molecular formula is C16H20N2O3. The lowest BCUT2D eigenvalue weighted by atomic mass is 9.79. The molecule has 0 atom stereocenters. The molecule has 3 rings (SSSR count). The van der Waals surface area contributed by atoms with Crippen LogP contribution in [-0.2, 0) is 10.3 Å². The van der Waals surface area contributed by atoms with Crippen molar-refractivity contribution in [3.05, 3.63) is 30.1 Å². The first-order chi connectivity index (χ1) is 10.1. The van der Waals surface area contributed by atoms with Crippen LogP contribution < -0.4 is 0 Å². The lowest BCUT2D eigenvalue weighted by molar-refractivity contribution is -0.0609. The first-order valence-corrected chi connectivity index (χ1v) is 7.32. The Morgan fingerprint density at radius 3 is 2.67 bits per heavy atom. The highest BCUT2D eigenvalue weighted by Crippen LogP contribution is 2.41. The molecule has 0 unspecified atom stereocenters. The summed E-state index contributed by atoms with van der Waals surface area (Å²) >= 11 is 0. The van der Waals surface area contributed by atoms with Crippen LogP contribution in [0.15, 0.2) is 28.8 Å². The molecule has 2 aromatic rings. The lowest BCUT2D eigenvalue weighted by Gasteiger charge is -2.35. The van der Waals surface area contributed by atoms with E-state index >= 15 is 0 Å². The van der Waals surface area contributed by atoms with Crippen molar-refractivity contribution in [2.45, 2.75) is 38.2 Å². The third-order valence-electron chi connectivity index (χ3n) is 4.44. The number of phenols is 1. The number of rotatable bonds is 3. The van der Waals surface area contributed by atoms with E-state index in [1.165, 1.54) is 0 Å². The average Bonchev–Trinajstić information content (AvgIpc) is 2.99. The summed E-state index contributed by atoms with van der Waals surface area (Å²) in [4.78, 5) is 4.47. The van der Waals surface area contributed by atoms with Crippen LogP contribution in [0.4, 0.5) is 0 Å². The predicted octanol–water partition coefficient (Wildman–Crippen LogP) is 3.49. The fraction of sp³-hybridized carbons (Fsp3) is 0.500. The first kappa shape index (κ1) is 14.1. The second-order valence-electron chi connectivity index (χ2n) is 5.82. The third kappa shape index (κ3) is 2.53. The predicted molar refractivity (Wildman–Crippen MR) is 77.7 cm³/mol. The van der Waals surface area contributed by atoms with Crippen LogP contribution in [0.3, 0.4) is 0 Å². The largest absolute Gasteiger partial charge is 0.507 e. The van der Waals surface area contributed by atoms with Gasteiger partial charge >= 0.3 is 0 Å². The number of benzene rings is 1. The fourth-order valence-electron chi connectivity index (χ4n) is 2.92. The van der Waals surface area contributed by atoms with Crippen molar-refractivity contribution < 1.29 is 14.4 Å². The van der Waals surface area contributed by atoms with Crippen LogP contribution in [0.25, 0.3) is 11.5 Å². The van der Waals surface area contributed by atoms with E-state index in [9.17, 15) is 5.11 Å². The summed E-state index contributed by atoms with van der Waals surface area (Å²) in [7, 11) is 1.70. The average molecular weight is 288 g/mol. The maximum absolute atomic E-state index is 9.88. The zero-order valence-corrected chi connectivity index (χ0v) is 12.4. The maximum atomic E-state index is 9.88. The van der Waals surface area contributed by atoms with Gasteiger partial charge in [-0.05, 0) is 43.7 Å². The van der Waals surface area contributed by atoms with Crippen LogP contribution in [0, 0.1) is 5.92 Å². The molecule has 0 saturated heterocycles. The van der Waals surface area contributed by atoms with Crippen molar-refractivity contribution in [2.75, 3.05) is 7.11 Å². The van der Waals surface area contributed by atoms with Crippen molar-refractivity contribution in [2.24, 2.45) is 5.92 Å². The Morgan fingerprint density at radius 2 is 2.00 bits per heavy atom. The van der Waals surface area contributed by atoms with E-state index in [4.69, 9.17) is 9.26 Å². The van der Waals surface area contributed by atoms with Crippen molar-refractivity contribution in [3.63, 3.8) is 0 Å². The number of hydrogen-bond donors (Lipinski definition) is 1. The summed E-state index contributed by atoms with van der Waals surface area (Å²) in [5, 5.41) is 14.0. The molecule has 5 heteroatoms. The summed E-state index contributed by atoms with van der Waals surface area (Å²) in [6.07, 6.45) is 3.97. The van der Waals surface area contributed by atoms with E-state index in [0.717, 1.165) is 25.7 Å². The molecule has 0 bridgehead atoms. The van der Waals surface area contributed by atoms with Crippen LogP contribution >= 0.6 is 0 Å². The number of para-hydroxylation sites is 1. The molecule has 5 nitrogen and oxygen atoms in total. The third-order valence-corrected chi connectivity index (χ3v) is 4.44. The standard InChI is InChI=1S/C16H20N2O3/c1-11-7-9-16(20-2,10-8-11)15-17-14(21-18-15)12-5-3-4-6-13(12)19/h3-6,11,19H,7-10H2,1-2H3. The molecule has 112 valence electrons. The number of nitrogens with zero attached hydrogens (tertiary/aromatic N) is 2. The second-order valence-corrected chi connectivity index (χ2v) is 5.82. The highest BCUT2D eigenvalue weighted by Gasteiger charge is 2.40. The normalized spacial score (nSPS) is 25.9. The van der Waals surface area contributed by atoms with Gasteiger partial charge in [-0.25, -0.2) is 0 Å². The molecule has 0 spiro atoms. The molecule has 0 aliphatic heterocycles. The smallest absolute Gasteiger partial charge is 0.261 e. The molecule has 1 aliphatic carbocycles. The van der Waals surface area contributed by atoms with E-state index in [2.05, 4.69) is 17.1 Å². The van der Waals surface area contributed by atoms with Gasteiger partial charge in [-0.2, -0.15) is 4.98 Å². The number of aromatic hydroxyl groups is 1. The Bertz CT molecular complexity index is 615. The quantitative estimate of drug-likeness (QED) is 0.936. The van der Waals surface area contributed by atoms with E-state index in [1.807, 2.05) is 6.07 Å². The molecule has 1 aromatic carbocycles. The van der Waals surface area contributed by atoms with Crippen molar-refractivity contribution in [1.29, 1.82) is 0 Å². The highest BCUT2D eigenvalue weighted by atomic mass is 16.5. The Labute approximate surface area is 123 Å². The van der Waals surface area contributed by atoms with Gasteiger partial charge in [0, 0.05) is 7.11 Å². The van der Waals surface area contributed by atoms with Gasteiger partial charge in [0.2, 0.25) is 5.82 Å². The number of hydrogen-bond acceptors (Lipinski definition) is 5. The van der Waals surface area contributed by atoms with Gasteiger partial charge in [0.05, 0.1) is 5.56 Å². The van der Waals surface area contributed by atoms with E-state index in [0.29, 0.717) is 23.2 Å². The summed E-state index contributed by atoms with van der Waals surface area (Å²) in [6.45, 7) is 2.25. The molecule has 1 heterocycles. The first-order valence-electron chi connectivity index (χ1n) is 7.32. The van der Waals surface area contributed by atoms with Gasteiger partial charge in [0.25, 0.3) is 5.89 Å².